The predicted octanol–water partition coefficient (Wildman–Crippen LogP) is 4.02. The Morgan fingerprint density at radius 2 is 1.94 bits per heavy atom. The van der Waals surface area contributed by atoms with Crippen LogP contribution in [0.4, 0.5) is 5.00 Å². The first-order valence-corrected chi connectivity index (χ1v) is 10.9. The third-order valence-electron chi connectivity index (χ3n) is 5.16. The Bertz CT molecular complexity index is 1280. The van der Waals surface area contributed by atoms with Gasteiger partial charge in [-0.3, -0.25) is 4.68 Å². The third-order valence-corrected chi connectivity index (χ3v) is 5.95. The molecule has 0 aliphatic heterocycles. The topological polar surface area (TPSA) is 96.7 Å². The van der Waals surface area contributed by atoms with Crippen LogP contribution in [-0.2, 0) is 24.9 Å². The average molecular weight is 469 g/mol. The summed E-state index contributed by atoms with van der Waals surface area (Å²) in [4.78, 5) is 12.5. The summed E-state index contributed by atoms with van der Waals surface area (Å²) in [6.45, 7) is 0.574. The van der Waals surface area contributed by atoms with Gasteiger partial charge in [-0.25, -0.2) is 4.79 Å². The third kappa shape index (κ3) is 4.56. The molecular formula is C23H24N4O5S. The van der Waals surface area contributed by atoms with Crippen LogP contribution in [0.5, 0.6) is 17.4 Å². The fraction of sp³-hybridized carbons (Fsp3) is 0.261. The molecule has 0 saturated carbocycles. The van der Waals surface area contributed by atoms with E-state index < -0.39 is 5.97 Å². The first-order valence-electron chi connectivity index (χ1n) is 10.1. The maximum Gasteiger partial charge on any atom is 0.346 e. The van der Waals surface area contributed by atoms with Gasteiger partial charge < -0.3 is 24.3 Å². The summed E-state index contributed by atoms with van der Waals surface area (Å²) in [6, 6.07) is 13.4. The number of rotatable bonds is 9. The molecule has 0 unspecified atom stereocenters. The van der Waals surface area contributed by atoms with Crippen molar-refractivity contribution in [2.75, 3.05) is 26.6 Å². The molecule has 0 bridgehead atoms. The number of fused-ring (bicyclic) bond motifs is 1. The number of methoxy groups -OCH3 is 3. The van der Waals surface area contributed by atoms with Gasteiger partial charge in [-0.2, -0.15) is 9.47 Å². The summed E-state index contributed by atoms with van der Waals surface area (Å²) in [5.74, 6) is 1.03. The highest BCUT2D eigenvalue weighted by atomic mass is 32.1. The fourth-order valence-corrected chi connectivity index (χ4v) is 4.20. The van der Waals surface area contributed by atoms with Gasteiger partial charge in [-0.15, -0.1) is 0 Å². The summed E-state index contributed by atoms with van der Waals surface area (Å²) in [5, 5.41) is 9.30. The lowest BCUT2D eigenvalue weighted by molar-refractivity contribution is 0.0596. The highest BCUT2D eigenvalue weighted by Crippen LogP contribution is 2.33. The molecular weight excluding hydrogens is 444 g/mol. The monoisotopic (exact) mass is 468 g/mol. The number of anilines is 1. The number of carbonyl (C=O) groups excluding carboxylic acids is 1. The molecule has 0 fully saturated rings. The van der Waals surface area contributed by atoms with Crippen LogP contribution in [0.25, 0.3) is 10.9 Å². The van der Waals surface area contributed by atoms with E-state index in [4.69, 9.17) is 18.9 Å². The number of aryl methyl sites for hydroxylation is 1. The molecule has 0 spiro atoms. The molecule has 2 aromatic carbocycles. The number of para-hydroxylation sites is 1. The van der Waals surface area contributed by atoms with Crippen LogP contribution in [0.1, 0.15) is 21.6 Å². The van der Waals surface area contributed by atoms with E-state index in [9.17, 15) is 4.79 Å². The molecule has 2 aromatic heterocycles. The van der Waals surface area contributed by atoms with Gasteiger partial charge in [0.25, 0.3) is 0 Å². The van der Waals surface area contributed by atoms with Crippen LogP contribution in [0.3, 0.4) is 0 Å². The Hall–Kier alpha value is -3.79. The van der Waals surface area contributed by atoms with Crippen LogP contribution in [0.2, 0.25) is 0 Å². The van der Waals surface area contributed by atoms with Gasteiger partial charge in [0.1, 0.15) is 28.8 Å². The summed E-state index contributed by atoms with van der Waals surface area (Å²) in [7, 11) is 6.40. The second-order valence-corrected chi connectivity index (χ2v) is 7.86. The number of benzene rings is 2. The van der Waals surface area contributed by atoms with Gasteiger partial charge in [0.15, 0.2) is 5.56 Å². The maximum absolute atomic E-state index is 12.5. The number of hydrogen-bond donors (Lipinski definition) is 1. The van der Waals surface area contributed by atoms with Crippen molar-refractivity contribution in [3.63, 3.8) is 0 Å². The molecule has 0 amide bonds. The zero-order valence-corrected chi connectivity index (χ0v) is 19.6. The molecule has 33 heavy (non-hydrogen) atoms. The highest BCUT2D eigenvalue weighted by Gasteiger charge is 2.24. The van der Waals surface area contributed by atoms with Crippen molar-refractivity contribution in [1.82, 2.24) is 14.2 Å². The molecule has 10 heteroatoms. The number of ether oxygens (including phenoxy) is 4. The minimum Gasteiger partial charge on any atom is -0.497 e. The second kappa shape index (κ2) is 9.78. The van der Waals surface area contributed by atoms with Gasteiger partial charge in [0.2, 0.25) is 5.88 Å². The normalized spacial score (nSPS) is 10.8. The number of hydrogen-bond acceptors (Lipinski definition) is 9. The molecule has 0 radical (unpaired) electrons. The van der Waals surface area contributed by atoms with Gasteiger partial charge in [-0.05, 0) is 29.7 Å². The van der Waals surface area contributed by atoms with Crippen LogP contribution < -0.4 is 19.5 Å². The van der Waals surface area contributed by atoms with Crippen LogP contribution in [-0.4, -0.2) is 41.5 Å². The van der Waals surface area contributed by atoms with E-state index in [2.05, 4.69) is 14.8 Å². The summed E-state index contributed by atoms with van der Waals surface area (Å²) in [6.07, 6.45) is 0. The summed E-state index contributed by atoms with van der Waals surface area (Å²) < 4.78 is 27.7. The summed E-state index contributed by atoms with van der Waals surface area (Å²) in [5.41, 5.74) is 2.90. The molecule has 9 nitrogen and oxygen atoms in total. The van der Waals surface area contributed by atoms with Gasteiger partial charge in [-0.1, -0.05) is 18.2 Å². The zero-order valence-electron chi connectivity index (χ0n) is 18.7. The molecule has 2 heterocycles. The van der Waals surface area contributed by atoms with Crippen molar-refractivity contribution in [3.8, 4) is 17.4 Å². The zero-order chi connectivity index (χ0) is 23.4. The van der Waals surface area contributed by atoms with Crippen LogP contribution >= 0.6 is 11.5 Å². The van der Waals surface area contributed by atoms with Gasteiger partial charge >= 0.3 is 5.97 Å². The van der Waals surface area contributed by atoms with Crippen molar-refractivity contribution >= 4 is 33.4 Å². The lowest BCUT2D eigenvalue weighted by Gasteiger charge is -2.12. The standard InChI is InChI=1S/C23H24N4O5S/c1-27-18-8-6-5-7-16(18)17(25-27)13-32-21-20(23(28)31-4)22(33-26-21)24-12-14-9-10-15(29-2)11-19(14)30-3/h5-11,24H,12-13H2,1-4H3. The first-order chi connectivity index (χ1) is 16.0. The molecule has 172 valence electrons. The number of aromatic nitrogens is 3. The Kier molecular flexibility index (Phi) is 6.64. The predicted molar refractivity (Wildman–Crippen MR) is 125 cm³/mol. The lowest BCUT2D eigenvalue weighted by atomic mass is 10.2. The van der Waals surface area contributed by atoms with Crippen LogP contribution in [0, 0.1) is 0 Å². The van der Waals surface area contributed by atoms with Crippen molar-refractivity contribution in [2.24, 2.45) is 7.05 Å². The number of esters is 1. The van der Waals surface area contributed by atoms with Gasteiger partial charge in [0, 0.05) is 30.6 Å². The smallest absolute Gasteiger partial charge is 0.346 e. The molecule has 0 aliphatic carbocycles. The van der Waals surface area contributed by atoms with Gasteiger partial charge in [0.05, 0.1) is 26.8 Å². The van der Waals surface area contributed by atoms with Crippen LogP contribution in [0.15, 0.2) is 42.5 Å². The van der Waals surface area contributed by atoms with E-state index in [0.717, 1.165) is 33.7 Å². The van der Waals surface area contributed by atoms with E-state index in [1.54, 1.807) is 25.0 Å². The van der Waals surface area contributed by atoms with E-state index in [1.165, 1.54) is 7.11 Å². The molecule has 0 saturated heterocycles. The van der Waals surface area contributed by atoms with Crippen molar-refractivity contribution < 1.29 is 23.7 Å². The Morgan fingerprint density at radius 1 is 1.12 bits per heavy atom. The largest absolute Gasteiger partial charge is 0.497 e. The first kappa shape index (κ1) is 22.4. The Balaban J connectivity index is 1.54. The minimum absolute atomic E-state index is 0.167. The molecule has 0 atom stereocenters. The molecule has 0 aliphatic rings. The number of nitrogens with one attached hydrogen (secondary N) is 1. The SMILES string of the molecule is COC(=O)c1c(OCc2nn(C)c3ccccc23)nsc1NCc1ccc(OC)cc1OC. The van der Waals surface area contributed by atoms with E-state index in [0.29, 0.717) is 23.0 Å². The summed E-state index contributed by atoms with van der Waals surface area (Å²) >= 11 is 1.13. The van der Waals surface area contributed by atoms with Crippen molar-refractivity contribution in [1.29, 1.82) is 0 Å². The molecule has 4 rings (SSSR count). The van der Waals surface area contributed by atoms with E-state index >= 15 is 0 Å². The Morgan fingerprint density at radius 3 is 2.70 bits per heavy atom. The number of nitrogens with zero attached hydrogens (tertiary/aromatic N) is 3. The average Bonchev–Trinajstić information content (AvgIpc) is 3.41. The molecule has 1 N–H and O–H groups in total. The lowest BCUT2D eigenvalue weighted by Crippen LogP contribution is -2.09. The minimum atomic E-state index is -0.533. The van der Waals surface area contributed by atoms with E-state index in [-0.39, 0.29) is 18.1 Å². The maximum atomic E-state index is 12.5. The molecule has 4 aromatic rings. The highest BCUT2D eigenvalue weighted by molar-refractivity contribution is 7.10. The number of carbonyl (C=O) groups is 1. The Labute approximate surface area is 195 Å². The van der Waals surface area contributed by atoms with Crippen molar-refractivity contribution in [2.45, 2.75) is 13.2 Å². The second-order valence-electron chi connectivity index (χ2n) is 7.09. The fourth-order valence-electron chi connectivity index (χ4n) is 3.48. The van der Waals surface area contributed by atoms with Crippen molar-refractivity contribution in [3.05, 3.63) is 59.3 Å². The van der Waals surface area contributed by atoms with E-state index in [1.807, 2.05) is 43.4 Å². The quantitative estimate of drug-likeness (QED) is 0.368.